The molecule has 0 bridgehead atoms. The third kappa shape index (κ3) is 2.83. The van der Waals surface area contributed by atoms with E-state index in [0.29, 0.717) is 11.4 Å². The summed E-state index contributed by atoms with van der Waals surface area (Å²) in [5, 5.41) is 0. The Labute approximate surface area is 107 Å². The SMILES string of the molecule is COc1cc(/C=C/c2ccc(N)cc2)ccc1N. The summed E-state index contributed by atoms with van der Waals surface area (Å²) in [6.45, 7) is 0. The van der Waals surface area contributed by atoms with Gasteiger partial charge in [0.2, 0.25) is 0 Å². The molecule has 0 spiro atoms. The highest BCUT2D eigenvalue weighted by molar-refractivity contribution is 5.72. The van der Waals surface area contributed by atoms with Crippen LogP contribution in [0.1, 0.15) is 11.1 Å². The first kappa shape index (κ1) is 12.0. The lowest BCUT2D eigenvalue weighted by atomic mass is 10.1. The van der Waals surface area contributed by atoms with Crippen LogP contribution < -0.4 is 16.2 Å². The van der Waals surface area contributed by atoms with Gasteiger partial charge in [0.25, 0.3) is 0 Å². The van der Waals surface area contributed by atoms with Gasteiger partial charge in [-0.05, 0) is 35.4 Å². The maximum absolute atomic E-state index is 5.76. The zero-order valence-corrected chi connectivity index (χ0v) is 10.3. The van der Waals surface area contributed by atoms with E-state index in [2.05, 4.69) is 0 Å². The summed E-state index contributed by atoms with van der Waals surface area (Å²) < 4.78 is 5.18. The summed E-state index contributed by atoms with van der Waals surface area (Å²) in [6.07, 6.45) is 4.03. The predicted octanol–water partition coefficient (Wildman–Crippen LogP) is 3.03. The largest absolute Gasteiger partial charge is 0.495 e. The molecular weight excluding hydrogens is 224 g/mol. The molecule has 3 nitrogen and oxygen atoms in total. The van der Waals surface area contributed by atoms with Gasteiger partial charge in [0.15, 0.2) is 0 Å². The second kappa shape index (κ2) is 5.27. The first-order chi connectivity index (χ1) is 8.69. The number of nitrogen functional groups attached to an aromatic ring is 2. The molecule has 2 rings (SSSR count). The van der Waals surface area contributed by atoms with E-state index in [0.717, 1.165) is 16.8 Å². The number of hydrogen-bond acceptors (Lipinski definition) is 3. The molecule has 92 valence electrons. The Balaban J connectivity index is 2.20. The zero-order chi connectivity index (χ0) is 13.0. The molecule has 3 heteroatoms. The van der Waals surface area contributed by atoms with E-state index in [4.69, 9.17) is 16.2 Å². The Morgan fingerprint density at radius 1 is 0.889 bits per heavy atom. The number of nitrogens with two attached hydrogens (primary N) is 2. The van der Waals surface area contributed by atoms with Crippen molar-refractivity contribution in [1.29, 1.82) is 0 Å². The minimum atomic E-state index is 0.641. The minimum Gasteiger partial charge on any atom is -0.495 e. The van der Waals surface area contributed by atoms with Gasteiger partial charge in [-0.1, -0.05) is 30.4 Å². The fourth-order valence-electron chi connectivity index (χ4n) is 1.63. The molecular formula is C15H16N2O. The molecule has 0 aliphatic rings. The average Bonchev–Trinajstić information content (AvgIpc) is 2.39. The summed E-state index contributed by atoms with van der Waals surface area (Å²) in [7, 11) is 1.61. The van der Waals surface area contributed by atoms with Crippen LogP contribution in [0.4, 0.5) is 11.4 Å². The molecule has 0 aliphatic carbocycles. The molecule has 0 fully saturated rings. The van der Waals surface area contributed by atoms with Crippen molar-refractivity contribution in [3.8, 4) is 5.75 Å². The van der Waals surface area contributed by atoms with Crippen molar-refractivity contribution >= 4 is 23.5 Å². The third-order valence-electron chi connectivity index (χ3n) is 2.66. The molecule has 0 atom stereocenters. The zero-order valence-electron chi connectivity index (χ0n) is 10.3. The number of ether oxygens (including phenoxy) is 1. The Morgan fingerprint density at radius 3 is 2.17 bits per heavy atom. The summed E-state index contributed by atoms with van der Waals surface area (Å²) in [4.78, 5) is 0. The normalized spacial score (nSPS) is 10.7. The first-order valence-corrected chi connectivity index (χ1v) is 5.66. The van der Waals surface area contributed by atoms with E-state index in [-0.39, 0.29) is 0 Å². The molecule has 0 amide bonds. The van der Waals surface area contributed by atoms with Crippen LogP contribution in [0.2, 0.25) is 0 Å². The highest BCUT2D eigenvalue weighted by Crippen LogP contribution is 2.23. The molecule has 0 unspecified atom stereocenters. The molecule has 2 aromatic rings. The molecule has 0 aliphatic heterocycles. The van der Waals surface area contributed by atoms with Crippen molar-refractivity contribution in [1.82, 2.24) is 0 Å². The molecule has 2 aromatic carbocycles. The van der Waals surface area contributed by atoms with Gasteiger partial charge in [-0.25, -0.2) is 0 Å². The second-order valence-corrected chi connectivity index (χ2v) is 4.00. The molecule has 18 heavy (non-hydrogen) atoms. The van der Waals surface area contributed by atoms with Crippen LogP contribution in [-0.2, 0) is 0 Å². The van der Waals surface area contributed by atoms with Crippen LogP contribution in [0, 0.1) is 0 Å². The number of benzene rings is 2. The van der Waals surface area contributed by atoms with E-state index < -0.39 is 0 Å². The minimum absolute atomic E-state index is 0.641. The average molecular weight is 240 g/mol. The van der Waals surface area contributed by atoms with Crippen LogP contribution in [0.25, 0.3) is 12.2 Å². The van der Waals surface area contributed by atoms with Crippen molar-refractivity contribution in [3.05, 3.63) is 53.6 Å². The van der Waals surface area contributed by atoms with E-state index in [1.807, 2.05) is 54.6 Å². The fourth-order valence-corrected chi connectivity index (χ4v) is 1.63. The van der Waals surface area contributed by atoms with E-state index in [1.54, 1.807) is 7.11 Å². The maximum atomic E-state index is 5.76. The number of anilines is 2. The molecule has 0 aromatic heterocycles. The molecule has 4 N–H and O–H groups in total. The van der Waals surface area contributed by atoms with E-state index in [1.165, 1.54) is 0 Å². The fraction of sp³-hybridized carbons (Fsp3) is 0.0667. The lowest BCUT2D eigenvalue weighted by molar-refractivity contribution is 0.417. The monoisotopic (exact) mass is 240 g/mol. The Bertz CT molecular complexity index is 559. The molecule has 0 heterocycles. The van der Waals surface area contributed by atoms with Gasteiger partial charge in [0, 0.05) is 5.69 Å². The number of methoxy groups -OCH3 is 1. The summed E-state index contributed by atoms with van der Waals surface area (Å²) >= 11 is 0. The highest BCUT2D eigenvalue weighted by Gasteiger charge is 1.98. The smallest absolute Gasteiger partial charge is 0.142 e. The summed E-state index contributed by atoms with van der Waals surface area (Å²) in [5.74, 6) is 0.689. The van der Waals surface area contributed by atoms with E-state index in [9.17, 15) is 0 Å². The van der Waals surface area contributed by atoms with E-state index >= 15 is 0 Å². The third-order valence-corrected chi connectivity index (χ3v) is 2.66. The van der Waals surface area contributed by atoms with Crippen molar-refractivity contribution in [2.24, 2.45) is 0 Å². The van der Waals surface area contributed by atoms with Gasteiger partial charge in [-0.3, -0.25) is 0 Å². The molecule has 0 radical (unpaired) electrons. The van der Waals surface area contributed by atoms with Gasteiger partial charge in [0.1, 0.15) is 5.75 Å². The highest BCUT2D eigenvalue weighted by atomic mass is 16.5. The summed E-state index contributed by atoms with van der Waals surface area (Å²) in [5.41, 5.74) is 14.9. The van der Waals surface area contributed by atoms with Gasteiger partial charge in [-0.2, -0.15) is 0 Å². The Hall–Kier alpha value is -2.42. The van der Waals surface area contributed by atoms with Crippen LogP contribution in [0.5, 0.6) is 5.75 Å². The Morgan fingerprint density at radius 2 is 1.50 bits per heavy atom. The number of rotatable bonds is 3. The molecule has 0 saturated heterocycles. The lowest BCUT2D eigenvalue weighted by Gasteiger charge is -2.04. The van der Waals surface area contributed by atoms with Crippen LogP contribution >= 0.6 is 0 Å². The number of hydrogen-bond donors (Lipinski definition) is 2. The molecule has 0 saturated carbocycles. The van der Waals surface area contributed by atoms with Crippen molar-refractivity contribution in [3.63, 3.8) is 0 Å². The quantitative estimate of drug-likeness (QED) is 0.640. The van der Waals surface area contributed by atoms with Crippen molar-refractivity contribution in [2.75, 3.05) is 18.6 Å². The maximum Gasteiger partial charge on any atom is 0.142 e. The predicted molar refractivity (Wildman–Crippen MR) is 77.2 cm³/mol. The topological polar surface area (TPSA) is 61.3 Å². The van der Waals surface area contributed by atoms with Gasteiger partial charge >= 0.3 is 0 Å². The lowest BCUT2D eigenvalue weighted by Crippen LogP contribution is -1.91. The van der Waals surface area contributed by atoms with Gasteiger partial charge < -0.3 is 16.2 Å². The summed E-state index contributed by atoms with van der Waals surface area (Å²) in [6, 6.07) is 13.4. The van der Waals surface area contributed by atoms with Crippen LogP contribution in [0.15, 0.2) is 42.5 Å². The first-order valence-electron chi connectivity index (χ1n) is 5.66. The van der Waals surface area contributed by atoms with Crippen LogP contribution in [-0.4, -0.2) is 7.11 Å². The van der Waals surface area contributed by atoms with Gasteiger partial charge in [0.05, 0.1) is 12.8 Å². The standard InChI is InChI=1S/C15H16N2O/c1-18-15-10-12(6-9-14(15)17)3-2-11-4-7-13(16)8-5-11/h2-10H,16-17H2,1H3/b3-2+. The van der Waals surface area contributed by atoms with Crippen molar-refractivity contribution in [2.45, 2.75) is 0 Å². The van der Waals surface area contributed by atoms with Crippen molar-refractivity contribution < 1.29 is 4.74 Å². The second-order valence-electron chi connectivity index (χ2n) is 4.00. The van der Waals surface area contributed by atoms with Crippen LogP contribution in [0.3, 0.4) is 0 Å². The van der Waals surface area contributed by atoms with Gasteiger partial charge in [-0.15, -0.1) is 0 Å². The Kier molecular flexibility index (Phi) is 3.53.